The molecule has 3 heteroatoms. The normalized spacial score (nSPS) is 14.1. The van der Waals surface area contributed by atoms with Crippen molar-refractivity contribution in [1.82, 2.24) is 4.57 Å². The van der Waals surface area contributed by atoms with Gasteiger partial charge in [-0.3, -0.25) is 4.79 Å². The van der Waals surface area contributed by atoms with Crippen molar-refractivity contribution in [2.45, 2.75) is 26.3 Å². The molecule has 0 unspecified atom stereocenters. The van der Waals surface area contributed by atoms with Gasteiger partial charge in [0.1, 0.15) is 12.4 Å². The van der Waals surface area contributed by atoms with Gasteiger partial charge in [0, 0.05) is 17.1 Å². The second-order valence-electron chi connectivity index (χ2n) is 4.76. The van der Waals surface area contributed by atoms with E-state index in [-0.39, 0.29) is 11.3 Å². The first-order chi connectivity index (χ1) is 8.18. The molecule has 1 aliphatic heterocycles. The van der Waals surface area contributed by atoms with Gasteiger partial charge in [-0.2, -0.15) is 0 Å². The first kappa shape index (κ1) is 10.4. The summed E-state index contributed by atoms with van der Waals surface area (Å²) in [5.41, 5.74) is 1.96. The van der Waals surface area contributed by atoms with E-state index in [2.05, 4.69) is 18.4 Å². The molecule has 0 radical (unpaired) electrons. The Bertz CT molecular complexity index is 640. The highest BCUT2D eigenvalue weighted by molar-refractivity contribution is 5.85. The summed E-state index contributed by atoms with van der Waals surface area (Å²) >= 11 is 0. The number of nitrogens with zero attached hydrogens (tertiary/aromatic N) is 1. The Hall–Kier alpha value is -1.77. The summed E-state index contributed by atoms with van der Waals surface area (Å²) in [7, 11) is 0. The highest BCUT2D eigenvalue weighted by Gasteiger charge is 2.17. The Balaban J connectivity index is 2.47. The van der Waals surface area contributed by atoms with Gasteiger partial charge in [0.15, 0.2) is 5.43 Å². The number of pyridine rings is 1. The molecule has 0 N–H and O–H groups in total. The van der Waals surface area contributed by atoms with Crippen LogP contribution in [0.15, 0.2) is 29.2 Å². The molecule has 0 atom stereocenters. The molecule has 2 heterocycles. The lowest BCUT2D eigenvalue weighted by atomic mass is 10.0. The quantitative estimate of drug-likeness (QED) is 0.752. The van der Waals surface area contributed by atoms with E-state index in [1.165, 1.54) is 0 Å². The SMILES string of the molecule is CC(C)c1cn2c3c(cccc3c1=O)OCC2. The van der Waals surface area contributed by atoms with Gasteiger partial charge in [-0.15, -0.1) is 0 Å². The summed E-state index contributed by atoms with van der Waals surface area (Å²) < 4.78 is 7.73. The summed E-state index contributed by atoms with van der Waals surface area (Å²) in [6, 6.07) is 5.70. The van der Waals surface area contributed by atoms with E-state index in [0.29, 0.717) is 6.61 Å². The van der Waals surface area contributed by atoms with Crippen LogP contribution in [0.3, 0.4) is 0 Å². The van der Waals surface area contributed by atoms with Crippen molar-refractivity contribution in [3.63, 3.8) is 0 Å². The third kappa shape index (κ3) is 1.46. The number of hydrogen-bond acceptors (Lipinski definition) is 2. The number of para-hydroxylation sites is 1. The molecule has 0 spiro atoms. The smallest absolute Gasteiger partial charge is 0.192 e. The van der Waals surface area contributed by atoms with Crippen LogP contribution in [-0.4, -0.2) is 11.2 Å². The van der Waals surface area contributed by atoms with E-state index in [9.17, 15) is 4.79 Å². The predicted octanol–water partition coefficient (Wildman–Crippen LogP) is 2.52. The summed E-state index contributed by atoms with van der Waals surface area (Å²) in [6.07, 6.45) is 1.99. The van der Waals surface area contributed by atoms with Crippen molar-refractivity contribution < 1.29 is 4.74 Å². The third-order valence-electron chi connectivity index (χ3n) is 3.30. The van der Waals surface area contributed by atoms with Crippen LogP contribution in [-0.2, 0) is 6.54 Å². The third-order valence-corrected chi connectivity index (χ3v) is 3.30. The Morgan fingerprint density at radius 3 is 2.94 bits per heavy atom. The fourth-order valence-electron chi connectivity index (χ4n) is 2.41. The predicted molar refractivity (Wildman–Crippen MR) is 67.8 cm³/mol. The minimum absolute atomic E-state index is 0.138. The largest absolute Gasteiger partial charge is 0.490 e. The molecule has 1 aliphatic rings. The topological polar surface area (TPSA) is 31.2 Å². The molecule has 3 rings (SSSR count). The summed E-state index contributed by atoms with van der Waals surface area (Å²) in [5, 5.41) is 0.772. The minimum atomic E-state index is 0.138. The standard InChI is InChI=1S/C14H15NO2/c1-9(2)11-8-15-6-7-17-12-5-3-4-10(13(12)15)14(11)16/h3-5,8-9H,6-7H2,1-2H3. The van der Waals surface area contributed by atoms with Gasteiger partial charge in [-0.05, 0) is 18.1 Å². The molecule has 1 aromatic heterocycles. The first-order valence-electron chi connectivity index (χ1n) is 5.97. The van der Waals surface area contributed by atoms with E-state index in [0.717, 1.165) is 28.8 Å². The molecule has 2 aromatic rings. The van der Waals surface area contributed by atoms with E-state index in [1.54, 1.807) is 0 Å². The maximum Gasteiger partial charge on any atom is 0.192 e. The number of hydrogen-bond donors (Lipinski definition) is 0. The fraction of sp³-hybridized carbons (Fsp3) is 0.357. The zero-order valence-corrected chi connectivity index (χ0v) is 10.1. The van der Waals surface area contributed by atoms with Gasteiger partial charge in [0.25, 0.3) is 0 Å². The lowest BCUT2D eigenvalue weighted by Gasteiger charge is -2.22. The number of ether oxygens (including phenoxy) is 1. The molecular weight excluding hydrogens is 214 g/mol. The van der Waals surface area contributed by atoms with Crippen LogP contribution in [0.25, 0.3) is 10.9 Å². The second-order valence-corrected chi connectivity index (χ2v) is 4.76. The van der Waals surface area contributed by atoms with Crippen LogP contribution < -0.4 is 10.2 Å². The van der Waals surface area contributed by atoms with E-state index >= 15 is 0 Å². The molecule has 0 saturated carbocycles. The lowest BCUT2D eigenvalue weighted by molar-refractivity contribution is 0.286. The van der Waals surface area contributed by atoms with Gasteiger partial charge in [-0.1, -0.05) is 19.9 Å². The maximum absolute atomic E-state index is 12.3. The molecule has 0 saturated heterocycles. The molecule has 0 fully saturated rings. The zero-order chi connectivity index (χ0) is 12.0. The summed E-state index contributed by atoms with van der Waals surface area (Å²) in [6.45, 7) is 5.60. The Morgan fingerprint density at radius 1 is 1.35 bits per heavy atom. The molecule has 3 nitrogen and oxygen atoms in total. The van der Waals surface area contributed by atoms with Crippen molar-refractivity contribution in [3.05, 3.63) is 40.2 Å². The molecule has 0 bridgehead atoms. The van der Waals surface area contributed by atoms with Crippen LogP contribution in [0.4, 0.5) is 0 Å². The van der Waals surface area contributed by atoms with Crippen LogP contribution in [0.5, 0.6) is 5.75 Å². The highest BCUT2D eigenvalue weighted by Crippen LogP contribution is 2.28. The van der Waals surface area contributed by atoms with Crippen LogP contribution in [0.1, 0.15) is 25.3 Å². The number of aromatic nitrogens is 1. The van der Waals surface area contributed by atoms with Crippen molar-refractivity contribution in [2.75, 3.05) is 6.61 Å². The lowest BCUT2D eigenvalue weighted by Crippen LogP contribution is -2.21. The highest BCUT2D eigenvalue weighted by atomic mass is 16.5. The Kier molecular flexibility index (Phi) is 2.21. The minimum Gasteiger partial charge on any atom is -0.490 e. The van der Waals surface area contributed by atoms with Crippen molar-refractivity contribution >= 4 is 10.9 Å². The van der Waals surface area contributed by atoms with Crippen LogP contribution >= 0.6 is 0 Å². The van der Waals surface area contributed by atoms with Gasteiger partial charge < -0.3 is 9.30 Å². The first-order valence-corrected chi connectivity index (χ1v) is 5.97. The maximum atomic E-state index is 12.3. The number of rotatable bonds is 1. The fourth-order valence-corrected chi connectivity index (χ4v) is 2.41. The van der Waals surface area contributed by atoms with Gasteiger partial charge in [0.2, 0.25) is 0 Å². The zero-order valence-electron chi connectivity index (χ0n) is 10.1. The number of benzene rings is 1. The van der Waals surface area contributed by atoms with Crippen LogP contribution in [0, 0.1) is 0 Å². The average molecular weight is 229 g/mol. The van der Waals surface area contributed by atoms with E-state index < -0.39 is 0 Å². The van der Waals surface area contributed by atoms with Gasteiger partial charge in [-0.25, -0.2) is 0 Å². The molecule has 0 aliphatic carbocycles. The van der Waals surface area contributed by atoms with Crippen LogP contribution in [0.2, 0.25) is 0 Å². The summed E-state index contributed by atoms with van der Waals surface area (Å²) in [5.74, 6) is 1.07. The van der Waals surface area contributed by atoms with E-state index in [4.69, 9.17) is 4.74 Å². The molecule has 17 heavy (non-hydrogen) atoms. The molecule has 0 amide bonds. The van der Waals surface area contributed by atoms with Gasteiger partial charge >= 0.3 is 0 Å². The molecule has 1 aromatic carbocycles. The van der Waals surface area contributed by atoms with Crippen molar-refractivity contribution in [1.29, 1.82) is 0 Å². The summed E-state index contributed by atoms with van der Waals surface area (Å²) in [4.78, 5) is 12.3. The van der Waals surface area contributed by atoms with Crippen molar-refractivity contribution in [2.24, 2.45) is 0 Å². The molecular formula is C14H15NO2. The van der Waals surface area contributed by atoms with Gasteiger partial charge in [0.05, 0.1) is 12.1 Å². The molecule has 88 valence electrons. The van der Waals surface area contributed by atoms with Crippen molar-refractivity contribution in [3.8, 4) is 5.75 Å². The Labute approximate surface area is 99.6 Å². The average Bonchev–Trinajstić information content (AvgIpc) is 2.33. The Morgan fingerprint density at radius 2 is 2.18 bits per heavy atom. The second kappa shape index (κ2) is 3.62. The van der Waals surface area contributed by atoms with E-state index in [1.807, 2.05) is 24.4 Å². The monoisotopic (exact) mass is 229 g/mol.